The molecule has 0 aliphatic heterocycles. The van der Waals surface area contributed by atoms with Gasteiger partial charge in [-0.2, -0.15) is 4.21 Å². The molecule has 1 aromatic rings. The molecule has 4 heteroatoms. The maximum atomic E-state index is 11.7. The number of benzene rings is 1. The van der Waals surface area contributed by atoms with Crippen molar-refractivity contribution in [3.05, 3.63) is 29.8 Å². The zero-order valence-electron chi connectivity index (χ0n) is 14.0. The predicted molar refractivity (Wildman–Crippen MR) is 94.1 cm³/mol. The normalized spacial score (nSPS) is 16.7. The van der Waals surface area contributed by atoms with Crippen molar-refractivity contribution in [1.29, 1.82) is 0 Å². The summed E-state index contributed by atoms with van der Waals surface area (Å²) < 4.78 is 22.1. The highest BCUT2D eigenvalue weighted by molar-refractivity contribution is 7.75. The van der Waals surface area contributed by atoms with Crippen molar-refractivity contribution >= 4 is 11.4 Å². The summed E-state index contributed by atoms with van der Waals surface area (Å²) >= 11 is -1.80. The lowest BCUT2D eigenvalue weighted by Gasteiger charge is -2.15. The van der Waals surface area contributed by atoms with E-state index in [0.717, 1.165) is 6.42 Å². The van der Waals surface area contributed by atoms with E-state index < -0.39 is 11.4 Å². The molecule has 1 aliphatic rings. The van der Waals surface area contributed by atoms with Crippen LogP contribution in [0.2, 0.25) is 0 Å². The van der Waals surface area contributed by atoms with Gasteiger partial charge < -0.3 is 4.18 Å². The van der Waals surface area contributed by atoms with Crippen LogP contribution < -0.4 is 4.18 Å². The van der Waals surface area contributed by atoms with Gasteiger partial charge in [0.1, 0.15) is 12.4 Å². The van der Waals surface area contributed by atoms with E-state index in [1.807, 2.05) is 24.3 Å². The molecule has 1 aliphatic carbocycles. The highest BCUT2D eigenvalue weighted by atomic mass is 32.2. The van der Waals surface area contributed by atoms with Gasteiger partial charge in [-0.15, -0.1) is 0 Å². The first-order valence-corrected chi connectivity index (χ1v) is 9.44. The van der Waals surface area contributed by atoms with Crippen molar-refractivity contribution in [2.24, 2.45) is 11.8 Å². The molecule has 1 atom stereocenters. The van der Waals surface area contributed by atoms with E-state index in [-0.39, 0.29) is 6.61 Å². The van der Waals surface area contributed by atoms with Crippen LogP contribution >= 0.6 is 0 Å². The SMILES string of the molecule is CC(C)Cc1ccc(OS(=O)OCC#CC2CCCCC2)cc1. The van der Waals surface area contributed by atoms with Crippen LogP contribution in [-0.4, -0.2) is 10.8 Å². The lowest BCUT2D eigenvalue weighted by atomic mass is 9.90. The van der Waals surface area contributed by atoms with Gasteiger partial charge in [0.05, 0.1) is 0 Å². The van der Waals surface area contributed by atoms with Gasteiger partial charge in [-0.25, -0.2) is 4.18 Å². The number of hydrogen-bond donors (Lipinski definition) is 0. The van der Waals surface area contributed by atoms with Gasteiger partial charge >= 0.3 is 11.4 Å². The van der Waals surface area contributed by atoms with Gasteiger partial charge in [0.2, 0.25) is 0 Å². The molecule has 0 amide bonds. The molecule has 1 unspecified atom stereocenters. The largest absolute Gasteiger partial charge is 0.380 e. The third-order valence-electron chi connectivity index (χ3n) is 3.87. The van der Waals surface area contributed by atoms with E-state index >= 15 is 0 Å². The van der Waals surface area contributed by atoms with Crippen LogP contribution in [0, 0.1) is 23.7 Å². The zero-order chi connectivity index (χ0) is 16.5. The Hall–Kier alpha value is -1.31. The Bertz CT molecular complexity index is 548. The summed E-state index contributed by atoms with van der Waals surface area (Å²) in [5.74, 6) is 7.81. The molecule has 0 aromatic heterocycles. The van der Waals surface area contributed by atoms with Crippen molar-refractivity contribution in [2.45, 2.75) is 52.4 Å². The second kappa shape index (κ2) is 9.75. The highest BCUT2D eigenvalue weighted by Gasteiger charge is 2.10. The molecule has 0 N–H and O–H groups in total. The molecule has 3 nitrogen and oxygen atoms in total. The first-order valence-electron chi connectivity index (χ1n) is 8.44. The van der Waals surface area contributed by atoms with Crippen molar-refractivity contribution in [2.75, 3.05) is 6.61 Å². The van der Waals surface area contributed by atoms with Crippen molar-refractivity contribution in [3.63, 3.8) is 0 Å². The molecule has 0 radical (unpaired) electrons. The Morgan fingerprint density at radius 2 is 1.87 bits per heavy atom. The number of rotatable bonds is 6. The quantitative estimate of drug-likeness (QED) is 0.721. The molecule has 0 saturated heterocycles. The molecule has 2 rings (SSSR count). The molecule has 1 aromatic carbocycles. The minimum absolute atomic E-state index is 0.147. The summed E-state index contributed by atoms with van der Waals surface area (Å²) in [5, 5.41) is 0. The Labute approximate surface area is 142 Å². The van der Waals surface area contributed by atoms with Gasteiger partial charge in [0.15, 0.2) is 0 Å². The summed E-state index contributed by atoms with van der Waals surface area (Å²) in [6, 6.07) is 7.64. The van der Waals surface area contributed by atoms with Crippen molar-refractivity contribution in [1.82, 2.24) is 0 Å². The van der Waals surface area contributed by atoms with Crippen LogP contribution in [0.1, 0.15) is 51.5 Å². The summed E-state index contributed by atoms with van der Waals surface area (Å²) in [6.45, 7) is 4.51. The van der Waals surface area contributed by atoms with Gasteiger partial charge in [-0.1, -0.05) is 57.1 Å². The van der Waals surface area contributed by atoms with E-state index in [9.17, 15) is 4.21 Å². The minimum atomic E-state index is -1.80. The molecule has 0 bridgehead atoms. The van der Waals surface area contributed by atoms with Gasteiger partial charge in [-0.05, 0) is 42.9 Å². The van der Waals surface area contributed by atoms with Gasteiger partial charge in [0, 0.05) is 5.92 Å². The molecule has 23 heavy (non-hydrogen) atoms. The van der Waals surface area contributed by atoms with Crippen LogP contribution in [0.25, 0.3) is 0 Å². The second-order valence-corrected chi connectivity index (χ2v) is 7.26. The van der Waals surface area contributed by atoms with Crippen molar-refractivity contribution < 1.29 is 12.6 Å². The molecule has 0 spiro atoms. The minimum Gasteiger partial charge on any atom is -0.380 e. The van der Waals surface area contributed by atoms with Crippen LogP contribution in [0.3, 0.4) is 0 Å². The van der Waals surface area contributed by atoms with Crippen LogP contribution in [0.5, 0.6) is 5.75 Å². The first-order chi connectivity index (χ1) is 11.1. The summed E-state index contributed by atoms with van der Waals surface area (Å²) in [5.41, 5.74) is 1.25. The zero-order valence-corrected chi connectivity index (χ0v) is 14.9. The average molecular weight is 334 g/mol. The van der Waals surface area contributed by atoms with E-state index in [4.69, 9.17) is 8.37 Å². The van der Waals surface area contributed by atoms with E-state index in [2.05, 4.69) is 25.7 Å². The fraction of sp³-hybridized carbons (Fsp3) is 0.579. The average Bonchev–Trinajstić information content (AvgIpc) is 2.54. The molecular formula is C19H26O3S. The van der Waals surface area contributed by atoms with Crippen LogP contribution in [-0.2, 0) is 22.0 Å². The first kappa shape index (κ1) is 18.0. The van der Waals surface area contributed by atoms with Crippen LogP contribution in [0.4, 0.5) is 0 Å². The monoisotopic (exact) mass is 334 g/mol. The molecule has 0 heterocycles. The topological polar surface area (TPSA) is 35.5 Å². The second-order valence-electron chi connectivity index (χ2n) is 6.45. The Balaban J connectivity index is 1.71. The predicted octanol–water partition coefficient (Wildman–Crippen LogP) is 4.44. The summed E-state index contributed by atoms with van der Waals surface area (Å²) in [7, 11) is 0. The summed E-state index contributed by atoms with van der Waals surface area (Å²) in [6.07, 6.45) is 7.23. The Kier molecular flexibility index (Phi) is 7.64. The smallest absolute Gasteiger partial charge is 0.361 e. The summed E-state index contributed by atoms with van der Waals surface area (Å²) in [4.78, 5) is 0. The molecule has 1 saturated carbocycles. The van der Waals surface area contributed by atoms with E-state index in [0.29, 0.717) is 17.6 Å². The number of hydrogen-bond acceptors (Lipinski definition) is 3. The molecular weight excluding hydrogens is 308 g/mol. The lowest BCUT2D eigenvalue weighted by Crippen LogP contribution is -2.06. The Morgan fingerprint density at radius 1 is 1.17 bits per heavy atom. The third kappa shape index (κ3) is 7.20. The standard InChI is InChI=1S/C19H26O3S/c1-16(2)15-18-10-12-19(13-11-18)22-23(20)21-14-6-9-17-7-4-3-5-8-17/h10-13,16-17H,3-5,7-8,14-15H2,1-2H3. The molecule has 126 valence electrons. The third-order valence-corrected chi connectivity index (χ3v) is 4.51. The maximum absolute atomic E-state index is 11.7. The van der Waals surface area contributed by atoms with Crippen LogP contribution in [0.15, 0.2) is 24.3 Å². The van der Waals surface area contributed by atoms with Gasteiger partial charge in [0.25, 0.3) is 0 Å². The fourth-order valence-electron chi connectivity index (χ4n) is 2.77. The van der Waals surface area contributed by atoms with E-state index in [1.165, 1.54) is 37.7 Å². The highest BCUT2D eigenvalue weighted by Crippen LogP contribution is 2.22. The molecule has 1 fully saturated rings. The van der Waals surface area contributed by atoms with E-state index in [1.54, 1.807) is 0 Å². The lowest BCUT2D eigenvalue weighted by molar-refractivity contribution is 0.351. The maximum Gasteiger partial charge on any atom is 0.361 e. The Morgan fingerprint density at radius 3 is 2.52 bits per heavy atom. The van der Waals surface area contributed by atoms with Crippen molar-refractivity contribution in [3.8, 4) is 17.6 Å². The fourth-order valence-corrected chi connectivity index (χ4v) is 3.24. The van der Waals surface area contributed by atoms with Gasteiger partial charge in [-0.3, -0.25) is 0 Å².